The van der Waals surface area contributed by atoms with Crippen LogP contribution in [0.3, 0.4) is 0 Å². The smallest absolute Gasteiger partial charge is 0.227 e. The molecular weight excluding hydrogens is 391 g/mol. The second kappa shape index (κ2) is 9.57. The molecular formula is C16H33IN4O. The number of nitrogens with zero attached hydrogens (tertiary/aromatic N) is 2. The lowest BCUT2D eigenvalue weighted by molar-refractivity contribution is -0.128. The van der Waals surface area contributed by atoms with Crippen molar-refractivity contribution in [2.75, 3.05) is 33.7 Å². The standard InChI is InChI=1S/C16H32N4O.HI/c1-12(2)9-13-7-8-20(10-13)15(18-6)19-11-16(3,4)14(21)17-5;/h12-13H,7-11H2,1-6H3,(H,17,21)(H,18,19);1H. The predicted molar refractivity (Wildman–Crippen MR) is 104 cm³/mol. The van der Waals surface area contributed by atoms with Crippen molar-refractivity contribution in [3.63, 3.8) is 0 Å². The Morgan fingerprint density at radius 2 is 2.05 bits per heavy atom. The summed E-state index contributed by atoms with van der Waals surface area (Å²) in [6, 6.07) is 0. The summed E-state index contributed by atoms with van der Waals surface area (Å²) in [6.45, 7) is 11.2. The summed E-state index contributed by atoms with van der Waals surface area (Å²) >= 11 is 0. The zero-order valence-corrected chi connectivity index (χ0v) is 17.2. The van der Waals surface area contributed by atoms with Gasteiger partial charge in [-0.05, 0) is 38.5 Å². The molecule has 22 heavy (non-hydrogen) atoms. The van der Waals surface area contributed by atoms with E-state index in [1.807, 2.05) is 20.9 Å². The molecule has 1 rings (SSSR count). The third-order valence-corrected chi connectivity index (χ3v) is 4.13. The van der Waals surface area contributed by atoms with E-state index in [2.05, 4.69) is 34.4 Å². The lowest BCUT2D eigenvalue weighted by Crippen LogP contribution is -2.48. The van der Waals surface area contributed by atoms with Gasteiger partial charge in [0, 0.05) is 33.7 Å². The molecule has 1 aliphatic rings. The molecule has 0 aromatic rings. The average Bonchev–Trinajstić information content (AvgIpc) is 2.85. The van der Waals surface area contributed by atoms with Gasteiger partial charge in [-0.15, -0.1) is 24.0 Å². The summed E-state index contributed by atoms with van der Waals surface area (Å²) in [7, 11) is 3.49. The topological polar surface area (TPSA) is 56.7 Å². The van der Waals surface area contributed by atoms with E-state index in [-0.39, 0.29) is 29.9 Å². The Balaban J connectivity index is 0.00000441. The Kier molecular flexibility index (Phi) is 9.34. The highest BCUT2D eigenvalue weighted by molar-refractivity contribution is 14.0. The van der Waals surface area contributed by atoms with Crippen LogP contribution in [0.4, 0.5) is 0 Å². The molecule has 0 aromatic heterocycles. The Morgan fingerprint density at radius 3 is 2.55 bits per heavy atom. The molecule has 1 fully saturated rings. The normalized spacial score (nSPS) is 19.1. The summed E-state index contributed by atoms with van der Waals surface area (Å²) in [5.41, 5.74) is -0.443. The molecule has 2 N–H and O–H groups in total. The van der Waals surface area contributed by atoms with E-state index in [1.54, 1.807) is 7.05 Å². The van der Waals surface area contributed by atoms with Crippen molar-refractivity contribution in [3.8, 4) is 0 Å². The van der Waals surface area contributed by atoms with Crippen LogP contribution in [0.5, 0.6) is 0 Å². The summed E-state index contributed by atoms with van der Waals surface area (Å²) in [5, 5.41) is 6.07. The first kappa shape index (κ1) is 21.5. The molecule has 0 aromatic carbocycles. The lowest BCUT2D eigenvalue weighted by atomic mass is 9.92. The van der Waals surface area contributed by atoms with Crippen LogP contribution >= 0.6 is 24.0 Å². The molecule has 5 nitrogen and oxygen atoms in total. The molecule has 1 unspecified atom stereocenters. The van der Waals surface area contributed by atoms with Crippen molar-refractivity contribution < 1.29 is 4.79 Å². The van der Waals surface area contributed by atoms with Crippen LogP contribution in [0.1, 0.15) is 40.5 Å². The molecule has 1 amide bonds. The monoisotopic (exact) mass is 424 g/mol. The molecule has 0 saturated carbocycles. The molecule has 1 heterocycles. The van der Waals surface area contributed by atoms with Gasteiger partial charge in [-0.1, -0.05) is 13.8 Å². The maximum absolute atomic E-state index is 11.8. The van der Waals surface area contributed by atoms with Crippen molar-refractivity contribution in [3.05, 3.63) is 0 Å². The Bertz CT molecular complexity index is 382. The van der Waals surface area contributed by atoms with Crippen LogP contribution in [-0.2, 0) is 4.79 Å². The quantitative estimate of drug-likeness (QED) is 0.405. The molecule has 130 valence electrons. The van der Waals surface area contributed by atoms with Crippen molar-refractivity contribution >= 4 is 35.8 Å². The van der Waals surface area contributed by atoms with E-state index in [9.17, 15) is 4.79 Å². The van der Waals surface area contributed by atoms with E-state index < -0.39 is 5.41 Å². The largest absolute Gasteiger partial charge is 0.359 e. The summed E-state index contributed by atoms with van der Waals surface area (Å²) in [6.07, 6.45) is 2.51. The van der Waals surface area contributed by atoms with Gasteiger partial charge < -0.3 is 15.5 Å². The fourth-order valence-corrected chi connectivity index (χ4v) is 2.94. The fourth-order valence-electron chi connectivity index (χ4n) is 2.94. The Morgan fingerprint density at radius 1 is 1.41 bits per heavy atom. The number of hydrogen-bond donors (Lipinski definition) is 2. The van der Waals surface area contributed by atoms with Crippen LogP contribution in [-0.4, -0.2) is 50.5 Å². The Labute approximate surface area is 152 Å². The number of hydrogen-bond acceptors (Lipinski definition) is 2. The lowest BCUT2D eigenvalue weighted by Gasteiger charge is -2.27. The number of amides is 1. The number of likely N-dealkylation sites (tertiary alicyclic amines) is 1. The highest BCUT2D eigenvalue weighted by Crippen LogP contribution is 2.23. The molecule has 0 spiro atoms. The first-order valence-electron chi connectivity index (χ1n) is 7.98. The van der Waals surface area contributed by atoms with Crippen LogP contribution < -0.4 is 10.6 Å². The third kappa shape index (κ3) is 6.30. The van der Waals surface area contributed by atoms with E-state index in [1.165, 1.54) is 12.8 Å². The van der Waals surface area contributed by atoms with Crippen molar-refractivity contribution in [2.24, 2.45) is 22.2 Å². The second-order valence-corrected chi connectivity index (χ2v) is 7.09. The van der Waals surface area contributed by atoms with Crippen LogP contribution in [0.2, 0.25) is 0 Å². The molecule has 0 aliphatic carbocycles. The van der Waals surface area contributed by atoms with Gasteiger partial charge in [0.25, 0.3) is 0 Å². The van der Waals surface area contributed by atoms with Gasteiger partial charge in [0.1, 0.15) is 0 Å². The maximum atomic E-state index is 11.8. The number of carbonyl (C=O) groups is 1. The number of carbonyl (C=O) groups excluding carboxylic acids is 1. The Hall–Kier alpha value is -0.530. The van der Waals surface area contributed by atoms with Gasteiger partial charge >= 0.3 is 0 Å². The van der Waals surface area contributed by atoms with Gasteiger partial charge in [-0.3, -0.25) is 9.79 Å². The SMILES string of the molecule is CN=C(NCC(C)(C)C(=O)NC)N1CCC(CC(C)C)C1.I. The number of aliphatic imine (C=N–C) groups is 1. The molecule has 1 atom stereocenters. The second-order valence-electron chi connectivity index (χ2n) is 7.09. The van der Waals surface area contributed by atoms with E-state index in [4.69, 9.17) is 0 Å². The summed E-state index contributed by atoms with van der Waals surface area (Å²) < 4.78 is 0. The first-order valence-corrected chi connectivity index (χ1v) is 7.98. The van der Waals surface area contributed by atoms with E-state index in [0.29, 0.717) is 6.54 Å². The minimum absolute atomic E-state index is 0. The van der Waals surface area contributed by atoms with Crippen LogP contribution in [0.25, 0.3) is 0 Å². The number of rotatable bonds is 5. The van der Waals surface area contributed by atoms with Gasteiger partial charge in [-0.25, -0.2) is 0 Å². The minimum Gasteiger partial charge on any atom is -0.359 e. The van der Waals surface area contributed by atoms with Crippen molar-refractivity contribution in [1.82, 2.24) is 15.5 Å². The van der Waals surface area contributed by atoms with Crippen LogP contribution in [0, 0.1) is 17.3 Å². The van der Waals surface area contributed by atoms with Gasteiger partial charge in [0.15, 0.2) is 5.96 Å². The zero-order valence-electron chi connectivity index (χ0n) is 14.9. The summed E-state index contributed by atoms with van der Waals surface area (Å²) in [4.78, 5) is 18.5. The van der Waals surface area contributed by atoms with E-state index >= 15 is 0 Å². The molecule has 1 saturated heterocycles. The summed E-state index contributed by atoms with van der Waals surface area (Å²) in [5.74, 6) is 2.47. The molecule has 0 bridgehead atoms. The third-order valence-electron chi connectivity index (χ3n) is 4.13. The highest BCUT2D eigenvalue weighted by Gasteiger charge is 2.29. The fraction of sp³-hybridized carbons (Fsp3) is 0.875. The highest BCUT2D eigenvalue weighted by atomic mass is 127. The molecule has 6 heteroatoms. The minimum atomic E-state index is -0.443. The van der Waals surface area contributed by atoms with E-state index in [0.717, 1.165) is 30.9 Å². The zero-order chi connectivity index (χ0) is 16.0. The maximum Gasteiger partial charge on any atom is 0.227 e. The number of nitrogens with one attached hydrogen (secondary N) is 2. The average molecular weight is 424 g/mol. The first-order chi connectivity index (χ1) is 9.80. The van der Waals surface area contributed by atoms with Gasteiger partial charge in [0.05, 0.1) is 5.41 Å². The molecule has 1 aliphatic heterocycles. The van der Waals surface area contributed by atoms with Crippen LogP contribution in [0.15, 0.2) is 4.99 Å². The van der Waals surface area contributed by atoms with Gasteiger partial charge in [-0.2, -0.15) is 0 Å². The van der Waals surface area contributed by atoms with Crippen molar-refractivity contribution in [1.29, 1.82) is 0 Å². The number of halogens is 1. The van der Waals surface area contributed by atoms with Crippen molar-refractivity contribution in [2.45, 2.75) is 40.5 Å². The predicted octanol–water partition coefficient (Wildman–Crippen LogP) is 2.32. The van der Waals surface area contributed by atoms with Gasteiger partial charge in [0.2, 0.25) is 5.91 Å². The number of guanidine groups is 1. The molecule has 0 radical (unpaired) electrons.